The van der Waals surface area contributed by atoms with Gasteiger partial charge in [0.1, 0.15) is 0 Å². The van der Waals surface area contributed by atoms with Gasteiger partial charge in [-0.1, -0.05) is 27.7 Å². The van der Waals surface area contributed by atoms with E-state index in [4.69, 9.17) is 4.43 Å². The number of aliphatic hydroxyl groups excluding tert-OH is 1. The molecule has 1 N–H and O–H groups in total. The molecule has 0 aliphatic heterocycles. The second-order valence-corrected chi connectivity index (χ2v) is 11.7. The normalized spacial score (nSPS) is 27.4. The van der Waals surface area contributed by atoms with E-state index in [1.807, 2.05) is 6.92 Å². The molecule has 1 aliphatic rings. The van der Waals surface area contributed by atoms with Crippen LogP contribution in [0.25, 0.3) is 0 Å². The summed E-state index contributed by atoms with van der Waals surface area (Å²) >= 11 is 0. The molecule has 3 heteroatoms. The van der Waals surface area contributed by atoms with Crippen LogP contribution in [0, 0.1) is 17.8 Å². The van der Waals surface area contributed by atoms with Crippen LogP contribution in [0.15, 0.2) is 0 Å². The topological polar surface area (TPSA) is 29.5 Å². The molecule has 0 aromatic rings. The maximum Gasteiger partial charge on any atom is 0.192 e. The molecule has 0 radical (unpaired) electrons. The van der Waals surface area contributed by atoms with Crippen LogP contribution in [0.1, 0.15) is 41.0 Å². The summed E-state index contributed by atoms with van der Waals surface area (Å²) < 4.78 is 6.29. The molecule has 0 heterocycles. The van der Waals surface area contributed by atoms with E-state index in [-0.39, 0.29) is 6.10 Å². The van der Waals surface area contributed by atoms with Crippen LogP contribution in [0.5, 0.6) is 0 Å². The van der Waals surface area contributed by atoms with E-state index in [1.165, 1.54) is 0 Å². The average molecular weight is 258 g/mol. The van der Waals surface area contributed by atoms with Gasteiger partial charge in [0, 0.05) is 6.61 Å². The largest absolute Gasteiger partial charge is 0.417 e. The summed E-state index contributed by atoms with van der Waals surface area (Å²) in [4.78, 5) is 0. The summed E-state index contributed by atoms with van der Waals surface area (Å²) in [5.41, 5.74) is 0. The van der Waals surface area contributed by atoms with Crippen LogP contribution < -0.4 is 0 Å². The van der Waals surface area contributed by atoms with E-state index >= 15 is 0 Å². The number of aliphatic hydroxyl groups is 1. The van der Waals surface area contributed by atoms with E-state index in [0.29, 0.717) is 22.8 Å². The Balaban J connectivity index is 2.46. The van der Waals surface area contributed by atoms with Crippen LogP contribution >= 0.6 is 0 Å². The van der Waals surface area contributed by atoms with Crippen LogP contribution in [0.4, 0.5) is 0 Å². The minimum atomic E-state index is -1.66. The first-order chi connectivity index (χ1) is 7.59. The number of rotatable bonds is 6. The molecule has 1 rings (SSSR count). The number of hydrogen-bond acceptors (Lipinski definition) is 2. The number of hydrogen-bond donors (Lipinski definition) is 1. The highest BCUT2D eigenvalue weighted by molar-refractivity contribution is 6.74. The van der Waals surface area contributed by atoms with Crippen LogP contribution in [-0.4, -0.2) is 26.1 Å². The molecule has 0 amide bonds. The van der Waals surface area contributed by atoms with Crippen molar-refractivity contribution in [2.75, 3.05) is 6.61 Å². The van der Waals surface area contributed by atoms with Crippen molar-refractivity contribution in [3.8, 4) is 0 Å². The molecule has 2 nitrogen and oxygen atoms in total. The van der Waals surface area contributed by atoms with Gasteiger partial charge in [-0.3, -0.25) is 0 Å². The van der Waals surface area contributed by atoms with Gasteiger partial charge < -0.3 is 9.53 Å². The first kappa shape index (κ1) is 15.2. The van der Waals surface area contributed by atoms with Crippen molar-refractivity contribution in [2.45, 2.75) is 65.3 Å². The van der Waals surface area contributed by atoms with Crippen molar-refractivity contribution >= 4 is 8.32 Å². The zero-order valence-electron chi connectivity index (χ0n) is 12.6. The Hall–Kier alpha value is 0.137. The minimum absolute atomic E-state index is 0.161. The molecule has 102 valence electrons. The van der Waals surface area contributed by atoms with Gasteiger partial charge in [0.15, 0.2) is 8.32 Å². The highest BCUT2D eigenvalue weighted by Crippen LogP contribution is 2.47. The molecule has 3 unspecified atom stereocenters. The van der Waals surface area contributed by atoms with E-state index in [1.54, 1.807) is 0 Å². The molecule has 0 aromatic carbocycles. The van der Waals surface area contributed by atoms with E-state index < -0.39 is 8.32 Å². The highest BCUT2D eigenvalue weighted by Gasteiger charge is 2.46. The molecule has 0 saturated heterocycles. The minimum Gasteiger partial charge on any atom is -0.417 e. The summed E-state index contributed by atoms with van der Waals surface area (Å²) in [5.74, 6) is 1.74. The summed E-state index contributed by atoms with van der Waals surface area (Å²) in [7, 11) is -1.66. The molecule has 3 atom stereocenters. The van der Waals surface area contributed by atoms with Gasteiger partial charge in [-0.05, 0) is 49.2 Å². The molecule has 0 aromatic heterocycles. The third-order valence-electron chi connectivity index (χ3n) is 5.25. The van der Waals surface area contributed by atoms with Crippen molar-refractivity contribution in [1.82, 2.24) is 0 Å². The lowest BCUT2D eigenvalue weighted by Crippen LogP contribution is -2.45. The summed E-state index contributed by atoms with van der Waals surface area (Å²) in [6.07, 6.45) is 0.982. The fourth-order valence-corrected chi connectivity index (χ4v) is 4.64. The summed E-state index contributed by atoms with van der Waals surface area (Å²) in [5, 5.41) is 9.79. The van der Waals surface area contributed by atoms with Gasteiger partial charge in [0.25, 0.3) is 0 Å². The molecule has 17 heavy (non-hydrogen) atoms. The van der Waals surface area contributed by atoms with Crippen LogP contribution in [0.2, 0.25) is 18.1 Å². The van der Waals surface area contributed by atoms with Crippen molar-refractivity contribution in [3.05, 3.63) is 0 Å². The molecule has 0 spiro atoms. The van der Waals surface area contributed by atoms with E-state index in [2.05, 4.69) is 40.8 Å². The van der Waals surface area contributed by atoms with Crippen molar-refractivity contribution in [1.29, 1.82) is 0 Å². The van der Waals surface area contributed by atoms with E-state index in [9.17, 15) is 5.11 Å². The van der Waals surface area contributed by atoms with Gasteiger partial charge in [-0.15, -0.1) is 0 Å². The zero-order chi connectivity index (χ0) is 13.4. The van der Waals surface area contributed by atoms with Crippen LogP contribution in [0.3, 0.4) is 0 Å². The fraction of sp³-hybridized carbons (Fsp3) is 1.00. The van der Waals surface area contributed by atoms with Gasteiger partial charge in [-0.2, -0.15) is 0 Å². The Morgan fingerprint density at radius 3 is 2.18 bits per heavy atom. The van der Waals surface area contributed by atoms with E-state index in [0.717, 1.165) is 13.0 Å². The lowest BCUT2D eigenvalue weighted by atomic mass is 9.99. The first-order valence-electron chi connectivity index (χ1n) is 6.91. The Morgan fingerprint density at radius 2 is 1.82 bits per heavy atom. The molecule has 1 aliphatic carbocycles. The Labute approximate surface area is 108 Å². The molecular formula is C14H30O2Si. The standard InChI is InChI=1S/C14H30O2Si/c1-10(2)14(4,5)17(6,7)16-9-12-8-13(12)11(3)15/h10-13,15H,8-9H2,1-7H3. The zero-order valence-corrected chi connectivity index (χ0v) is 13.6. The van der Waals surface area contributed by atoms with Crippen molar-refractivity contribution < 1.29 is 9.53 Å². The second kappa shape index (κ2) is 5.02. The predicted molar refractivity (Wildman–Crippen MR) is 75.6 cm³/mol. The smallest absolute Gasteiger partial charge is 0.192 e. The van der Waals surface area contributed by atoms with Gasteiger partial charge in [0.05, 0.1) is 6.10 Å². The van der Waals surface area contributed by atoms with Gasteiger partial charge in [-0.25, -0.2) is 0 Å². The summed E-state index contributed by atoms with van der Waals surface area (Å²) in [6, 6.07) is 0. The average Bonchev–Trinajstić information content (AvgIpc) is 2.93. The first-order valence-corrected chi connectivity index (χ1v) is 9.82. The quantitative estimate of drug-likeness (QED) is 0.737. The third kappa shape index (κ3) is 3.33. The fourth-order valence-electron chi connectivity index (χ4n) is 2.25. The third-order valence-corrected chi connectivity index (χ3v) is 9.82. The SMILES string of the molecule is CC(O)C1CC1CO[Si](C)(C)C(C)(C)C(C)C. The Bertz CT molecular complexity index is 259. The highest BCUT2D eigenvalue weighted by atomic mass is 28.4. The lowest BCUT2D eigenvalue weighted by Gasteiger charge is -2.42. The van der Waals surface area contributed by atoms with Crippen LogP contribution in [-0.2, 0) is 4.43 Å². The monoisotopic (exact) mass is 258 g/mol. The van der Waals surface area contributed by atoms with Crippen molar-refractivity contribution in [3.63, 3.8) is 0 Å². The molecule has 1 fully saturated rings. The summed E-state index contributed by atoms with van der Waals surface area (Å²) in [6.45, 7) is 16.6. The molecular weight excluding hydrogens is 228 g/mol. The lowest BCUT2D eigenvalue weighted by molar-refractivity contribution is 0.153. The maximum absolute atomic E-state index is 9.50. The Kier molecular flexibility index (Phi) is 4.49. The predicted octanol–water partition coefficient (Wildman–Crippen LogP) is 3.66. The second-order valence-electron chi connectivity index (χ2n) is 7.10. The maximum atomic E-state index is 9.50. The van der Waals surface area contributed by atoms with Gasteiger partial charge in [0.2, 0.25) is 0 Å². The molecule has 0 bridgehead atoms. The Morgan fingerprint density at radius 1 is 1.29 bits per heavy atom. The van der Waals surface area contributed by atoms with Crippen molar-refractivity contribution in [2.24, 2.45) is 17.8 Å². The van der Waals surface area contributed by atoms with Gasteiger partial charge >= 0.3 is 0 Å². The molecule has 1 saturated carbocycles.